The Kier molecular flexibility index (Phi) is 12.8. The number of primary amides is 1. The molecule has 0 spiro atoms. The topological polar surface area (TPSA) is 101 Å². The minimum absolute atomic E-state index is 0.0301. The molecule has 6 nitrogen and oxygen atoms in total. The monoisotopic (exact) mass is 384 g/mol. The maximum atomic E-state index is 13.4. The van der Waals surface area contributed by atoms with Crippen LogP contribution >= 0.6 is 0 Å². The first-order valence-electron chi connectivity index (χ1n) is 10.6. The molecule has 2 atom stereocenters. The third-order valence-electron chi connectivity index (χ3n) is 5.39. The van der Waals surface area contributed by atoms with Crippen molar-refractivity contribution in [2.75, 3.05) is 6.54 Å². The van der Waals surface area contributed by atoms with Gasteiger partial charge in [-0.15, -0.1) is 0 Å². The highest BCUT2D eigenvalue weighted by molar-refractivity contribution is 5.89. The first-order chi connectivity index (χ1) is 12.8. The number of carbonyl (C=O) groups is 3. The summed E-state index contributed by atoms with van der Waals surface area (Å²) >= 11 is 0. The summed E-state index contributed by atoms with van der Waals surface area (Å²) in [7, 11) is 0. The van der Waals surface area contributed by atoms with E-state index >= 15 is 0 Å². The lowest BCUT2D eigenvalue weighted by molar-refractivity contribution is -0.163. The summed E-state index contributed by atoms with van der Waals surface area (Å²) in [6.07, 6.45) is 6.95. The fourth-order valence-electron chi connectivity index (χ4n) is 3.55. The van der Waals surface area contributed by atoms with E-state index in [9.17, 15) is 19.5 Å². The molecule has 0 bridgehead atoms. The highest BCUT2D eigenvalue weighted by atomic mass is 16.4. The number of amides is 2. The van der Waals surface area contributed by atoms with Gasteiger partial charge in [-0.2, -0.15) is 0 Å². The van der Waals surface area contributed by atoms with Gasteiger partial charge in [0, 0.05) is 18.9 Å². The van der Waals surface area contributed by atoms with Crippen molar-refractivity contribution in [2.45, 2.75) is 104 Å². The fourth-order valence-corrected chi connectivity index (χ4v) is 3.55. The Balaban J connectivity index is 5.95. The van der Waals surface area contributed by atoms with Crippen molar-refractivity contribution in [1.29, 1.82) is 0 Å². The van der Waals surface area contributed by atoms with Crippen molar-refractivity contribution in [3.05, 3.63) is 0 Å². The maximum absolute atomic E-state index is 13.4. The average Bonchev–Trinajstić information content (AvgIpc) is 2.63. The lowest BCUT2D eigenvalue weighted by atomic mass is 9.83. The van der Waals surface area contributed by atoms with Crippen LogP contribution in [-0.4, -0.2) is 39.9 Å². The predicted molar refractivity (Wildman–Crippen MR) is 108 cm³/mol. The number of unbranched alkanes of at least 4 members (excludes halogenated alkanes) is 3. The Morgan fingerprint density at radius 3 is 2.00 bits per heavy atom. The molecule has 2 amide bonds. The van der Waals surface area contributed by atoms with E-state index < -0.39 is 17.4 Å². The average molecular weight is 385 g/mol. The van der Waals surface area contributed by atoms with Gasteiger partial charge < -0.3 is 15.7 Å². The van der Waals surface area contributed by atoms with Crippen LogP contribution in [0.25, 0.3) is 0 Å². The molecule has 2 unspecified atom stereocenters. The molecule has 0 saturated carbocycles. The number of carboxylic acids is 1. The van der Waals surface area contributed by atoms with E-state index in [2.05, 4.69) is 6.92 Å². The van der Waals surface area contributed by atoms with E-state index in [1.165, 1.54) is 0 Å². The molecular formula is C21H40N2O4. The number of carbonyl (C=O) groups excluding carboxylic acids is 2. The van der Waals surface area contributed by atoms with Gasteiger partial charge in [-0.3, -0.25) is 9.59 Å². The molecule has 0 aliphatic carbocycles. The molecule has 0 fully saturated rings. The first kappa shape index (κ1) is 25.4. The van der Waals surface area contributed by atoms with Crippen LogP contribution < -0.4 is 5.73 Å². The quantitative estimate of drug-likeness (QED) is 0.418. The number of nitrogens with two attached hydrogens (primary N) is 1. The Bertz CT molecular complexity index is 467. The number of rotatable bonds is 16. The van der Waals surface area contributed by atoms with Crippen LogP contribution in [0.3, 0.4) is 0 Å². The van der Waals surface area contributed by atoms with Crippen molar-refractivity contribution in [3.63, 3.8) is 0 Å². The van der Waals surface area contributed by atoms with Crippen LogP contribution in [0, 0.1) is 5.92 Å². The molecule has 0 radical (unpaired) electrons. The number of carboxylic acid groups (broad SMARTS) is 1. The summed E-state index contributed by atoms with van der Waals surface area (Å²) in [5, 5.41) is 10.2. The summed E-state index contributed by atoms with van der Waals surface area (Å²) in [6, 6.07) is 0. The normalized spacial score (nSPS) is 14.4. The second-order valence-corrected chi connectivity index (χ2v) is 7.50. The van der Waals surface area contributed by atoms with Gasteiger partial charge >= 0.3 is 5.97 Å². The highest BCUT2D eigenvalue weighted by Gasteiger charge is 2.46. The number of hydrogen-bond acceptors (Lipinski definition) is 3. The third-order valence-corrected chi connectivity index (χ3v) is 5.39. The number of aliphatic carboxylic acids is 1. The predicted octanol–water partition coefficient (Wildman–Crippen LogP) is 4.11. The van der Waals surface area contributed by atoms with Crippen LogP contribution in [0.5, 0.6) is 0 Å². The summed E-state index contributed by atoms with van der Waals surface area (Å²) in [5.41, 5.74) is 3.97. The smallest absolute Gasteiger partial charge is 0.329 e. The van der Waals surface area contributed by atoms with Gasteiger partial charge in [0.2, 0.25) is 11.8 Å². The molecule has 0 saturated heterocycles. The van der Waals surface area contributed by atoms with E-state index in [4.69, 9.17) is 5.73 Å². The fraction of sp³-hybridized carbons (Fsp3) is 0.857. The summed E-state index contributed by atoms with van der Waals surface area (Å²) in [6.45, 7) is 8.49. The van der Waals surface area contributed by atoms with Crippen LogP contribution in [0.15, 0.2) is 0 Å². The van der Waals surface area contributed by atoms with Crippen molar-refractivity contribution in [2.24, 2.45) is 11.7 Å². The van der Waals surface area contributed by atoms with E-state index in [0.717, 1.165) is 38.5 Å². The first-order valence-corrected chi connectivity index (χ1v) is 10.6. The van der Waals surface area contributed by atoms with Crippen molar-refractivity contribution >= 4 is 17.8 Å². The Labute approximate surface area is 164 Å². The lowest BCUT2D eigenvalue weighted by Crippen LogP contribution is -2.59. The zero-order valence-corrected chi connectivity index (χ0v) is 17.8. The van der Waals surface area contributed by atoms with E-state index in [1.807, 2.05) is 20.8 Å². The largest absolute Gasteiger partial charge is 0.479 e. The maximum Gasteiger partial charge on any atom is 0.329 e. The number of hydrogen-bond donors (Lipinski definition) is 2. The van der Waals surface area contributed by atoms with Crippen LogP contribution in [0.1, 0.15) is 98.3 Å². The van der Waals surface area contributed by atoms with Crippen molar-refractivity contribution in [3.8, 4) is 0 Å². The third kappa shape index (κ3) is 7.89. The molecule has 3 N–H and O–H groups in total. The zero-order valence-electron chi connectivity index (χ0n) is 17.8. The molecule has 27 heavy (non-hydrogen) atoms. The molecular weight excluding hydrogens is 344 g/mol. The zero-order chi connectivity index (χ0) is 20.9. The van der Waals surface area contributed by atoms with Gasteiger partial charge in [0.15, 0.2) is 0 Å². The van der Waals surface area contributed by atoms with Crippen molar-refractivity contribution < 1.29 is 19.5 Å². The lowest BCUT2D eigenvalue weighted by Gasteiger charge is -2.42. The summed E-state index contributed by atoms with van der Waals surface area (Å²) < 4.78 is 0. The molecule has 0 aromatic rings. The Morgan fingerprint density at radius 1 is 0.963 bits per heavy atom. The summed E-state index contributed by atoms with van der Waals surface area (Å²) in [5.74, 6) is -1.80. The molecule has 0 rings (SSSR count). The second-order valence-electron chi connectivity index (χ2n) is 7.50. The van der Waals surface area contributed by atoms with Gasteiger partial charge in [-0.05, 0) is 32.1 Å². The molecule has 0 aliphatic rings. The minimum atomic E-state index is -1.35. The standard InChI is InChI=1S/C21H40N2O4/c1-5-9-12-17(8-4)19(25)23(16-11-7-3)21(20(26)27,14-10-6-2)15-13-18(22)24/h17H,5-16H2,1-4H3,(H2,22,24)(H,26,27). The van der Waals surface area contributed by atoms with Crippen LogP contribution in [0.4, 0.5) is 0 Å². The molecule has 0 aromatic heterocycles. The molecule has 6 heteroatoms. The molecule has 0 aromatic carbocycles. The highest BCUT2D eigenvalue weighted by Crippen LogP contribution is 2.32. The van der Waals surface area contributed by atoms with Gasteiger partial charge in [0.1, 0.15) is 5.54 Å². The van der Waals surface area contributed by atoms with E-state index in [-0.39, 0.29) is 24.7 Å². The Hall–Kier alpha value is -1.59. The van der Waals surface area contributed by atoms with Gasteiger partial charge in [0.25, 0.3) is 0 Å². The SMILES string of the molecule is CCCCC(CC)C(=O)N(CCCC)C(CCCC)(CCC(N)=O)C(=O)O. The van der Waals surface area contributed by atoms with Crippen LogP contribution in [-0.2, 0) is 14.4 Å². The van der Waals surface area contributed by atoms with E-state index in [1.54, 1.807) is 4.90 Å². The molecule has 0 aliphatic heterocycles. The van der Waals surface area contributed by atoms with Gasteiger partial charge in [0.05, 0.1) is 0 Å². The van der Waals surface area contributed by atoms with Gasteiger partial charge in [-0.1, -0.05) is 59.8 Å². The number of nitrogens with zero attached hydrogens (tertiary/aromatic N) is 1. The molecule has 0 heterocycles. The minimum Gasteiger partial charge on any atom is -0.479 e. The van der Waals surface area contributed by atoms with Crippen molar-refractivity contribution in [1.82, 2.24) is 4.90 Å². The Morgan fingerprint density at radius 2 is 1.56 bits per heavy atom. The summed E-state index contributed by atoms with van der Waals surface area (Å²) in [4.78, 5) is 38.8. The second kappa shape index (κ2) is 13.6. The molecule has 158 valence electrons. The van der Waals surface area contributed by atoms with Gasteiger partial charge in [-0.25, -0.2) is 4.79 Å². The van der Waals surface area contributed by atoms with Crippen LogP contribution in [0.2, 0.25) is 0 Å². The van der Waals surface area contributed by atoms with E-state index in [0.29, 0.717) is 25.8 Å².